The quantitative estimate of drug-likeness (QED) is 0.148. The number of rotatable bonds is 8. The van der Waals surface area contributed by atoms with Crippen molar-refractivity contribution in [3.63, 3.8) is 0 Å². The number of aromatic hydroxyl groups is 3. The van der Waals surface area contributed by atoms with E-state index in [1.54, 1.807) is 6.07 Å². The van der Waals surface area contributed by atoms with E-state index < -0.39 is 34.8 Å². The number of ether oxygens (including phenoxy) is 2. The Morgan fingerprint density at radius 2 is 1.18 bits per heavy atom. The van der Waals surface area contributed by atoms with E-state index in [-0.39, 0.29) is 58.6 Å². The van der Waals surface area contributed by atoms with E-state index in [0.29, 0.717) is 18.4 Å². The molecule has 0 spiro atoms. The molecule has 4 aromatic rings. The van der Waals surface area contributed by atoms with E-state index in [4.69, 9.17) is 14.6 Å². The third-order valence-electron chi connectivity index (χ3n) is 6.53. The minimum absolute atomic E-state index is 0.0116. The van der Waals surface area contributed by atoms with Gasteiger partial charge in [0.2, 0.25) is 0 Å². The normalized spacial score (nSPS) is 14.3. The number of hydrogen-bond acceptors (Lipinski definition) is 7. The summed E-state index contributed by atoms with van der Waals surface area (Å²) in [6.45, 7) is 0.636. The summed E-state index contributed by atoms with van der Waals surface area (Å²) in [5, 5.41) is 28.7. The average molecular weight is 613 g/mol. The summed E-state index contributed by atoms with van der Waals surface area (Å²) in [6.07, 6.45) is 1.97. The minimum Gasteiger partial charge on any atom is -0.508 e. The van der Waals surface area contributed by atoms with Crippen molar-refractivity contribution in [1.29, 1.82) is 0 Å². The third kappa shape index (κ3) is 9.05. The molecule has 3 N–H and O–H groups in total. The van der Waals surface area contributed by atoms with Gasteiger partial charge in [-0.1, -0.05) is 0 Å². The van der Waals surface area contributed by atoms with Gasteiger partial charge in [0.15, 0.2) is 17.9 Å². The van der Waals surface area contributed by atoms with Crippen LogP contribution in [0.15, 0.2) is 72.8 Å². The van der Waals surface area contributed by atoms with E-state index in [9.17, 15) is 37.4 Å². The van der Waals surface area contributed by atoms with E-state index >= 15 is 0 Å². The number of carbonyl (C=O) groups excluding carboxylic acids is 2. The minimum atomic E-state index is -0.766. The topological polar surface area (TPSA) is 113 Å². The van der Waals surface area contributed by atoms with Crippen LogP contribution in [0.2, 0.25) is 0 Å². The van der Waals surface area contributed by atoms with Gasteiger partial charge in [-0.25, -0.2) is 17.6 Å². The largest absolute Gasteiger partial charge is 0.508 e. The summed E-state index contributed by atoms with van der Waals surface area (Å²) < 4.78 is 63.5. The third-order valence-corrected chi connectivity index (χ3v) is 6.53. The zero-order valence-electron chi connectivity index (χ0n) is 23.2. The Balaban J connectivity index is 0.000000209. The van der Waals surface area contributed by atoms with Gasteiger partial charge in [-0.15, -0.1) is 0 Å². The number of hydrogen-bond donors (Lipinski definition) is 3. The maximum Gasteiger partial charge on any atom is 0.199 e. The molecule has 1 unspecified atom stereocenters. The first-order valence-electron chi connectivity index (χ1n) is 13.6. The van der Waals surface area contributed by atoms with Crippen molar-refractivity contribution in [3.8, 4) is 23.0 Å². The molecule has 0 aliphatic carbocycles. The summed E-state index contributed by atoms with van der Waals surface area (Å²) >= 11 is 0. The van der Waals surface area contributed by atoms with Crippen LogP contribution >= 0.6 is 0 Å². The number of Topliss-reactive ketones (excluding diaryl/α,β-unsaturated/α-hetero) is 2. The smallest absolute Gasteiger partial charge is 0.199 e. The molecule has 0 aromatic heterocycles. The summed E-state index contributed by atoms with van der Waals surface area (Å²) in [4.78, 5) is 24.2. The molecule has 1 heterocycles. The molecule has 11 heteroatoms. The number of ketones is 2. The number of halogens is 4. The maximum absolute atomic E-state index is 13.2. The van der Waals surface area contributed by atoms with Gasteiger partial charge in [-0.3, -0.25) is 9.59 Å². The predicted octanol–water partition coefficient (Wildman–Crippen LogP) is 6.80. The highest BCUT2D eigenvalue weighted by atomic mass is 19.1. The number of benzene rings is 4. The standard InChI is InChI=1S/C19H18F2O4.C14H10F2O3/c20-13-7-12(8-14(21)10-13)9-17(22)16-5-4-15(11-18(16)23)25-19-3-1-2-6-24-19;15-9-3-8(4-10(16)6-9)5-13(18)12-2-1-11(17)7-14(12)19/h4-5,7-8,10-11,19,23H,1-3,6,9H2;1-4,6-7,17,19H,5H2. The lowest BCUT2D eigenvalue weighted by Gasteiger charge is -2.23. The highest BCUT2D eigenvalue weighted by Gasteiger charge is 2.18. The second-order valence-electron chi connectivity index (χ2n) is 10.0. The van der Waals surface area contributed by atoms with Gasteiger partial charge in [0, 0.05) is 43.5 Å². The predicted molar refractivity (Wildman–Crippen MR) is 151 cm³/mol. The first-order chi connectivity index (χ1) is 21.0. The molecular formula is C33H28F4O7. The van der Waals surface area contributed by atoms with E-state index in [0.717, 1.165) is 55.7 Å². The van der Waals surface area contributed by atoms with Gasteiger partial charge in [-0.2, -0.15) is 0 Å². The van der Waals surface area contributed by atoms with E-state index in [1.165, 1.54) is 24.3 Å². The first-order valence-corrected chi connectivity index (χ1v) is 13.6. The molecule has 0 radical (unpaired) electrons. The fourth-order valence-electron chi connectivity index (χ4n) is 4.52. The Kier molecular flexibility index (Phi) is 10.6. The van der Waals surface area contributed by atoms with Crippen LogP contribution in [0.1, 0.15) is 51.1 Å². The molecule has 1 aliphatic heterocycles. The Bertz CT molecular complexity index is 1610. The molecule has 1 saturated heterocycles. The number of carbonyl (C=O) groups is 2. The lowest BCUT2D eigenvalue weighted by molar-refractivity contribution is -0.105. The second kappa shape index (κ2) is 14.5. The van der Waals surface area contributed by atoms with Crippen LogP contribution in [-0.4, -0.2) is 39.8 Å². The van der Waals surface area contributed by atoms with Crippen molar-refractivity contribution >= 4 is 11.6 Å². The summed E-state index contributed by atoms with van der Waals surface area (Å²) in [5.74, 6) is -4.35. The van der Waals surface area contributed by atoms with Crippen LogP contribution in [0.3, 0.4) is 0 Å². The molecule has 1 aliphatic rings. The Morgan fingerprint density at radius 3 is 1.64 bits per heavy atom. The Labute approximate surface area is 249 Å². The highest BCUT2D eigenvalue weighted by molar-refractivity contribution is 6.00. The molecular weight excluding hydrogens is 584 g/mol. The zero-order chi connectivity index (χ0) is 31.8. The van der Waals surface area contributed by atoms with Crippen molar-refractivity contribution < 1.29 is 51.9 Å². The van der Waals surface area contributed by atoms with Crippen molar-refractivity contribution in [1.82, 2.24) is 0 Å². The number of phenolic OH excluding ortho intramolecular Hbond substituents is 3. The van der Waals surface area contributed by atoms with Crippen LogP contribution < -0.4 is 4.74 Å². The van der Waals surface area contributed by atoms with Crippen LogP contribution in [0.5, 0.6) is 23.0 Å². The zero-order valence-corrected chi connectivity index (χ0v) is 23.2. The van der Waals surface area contributed by atoms with Gasteiger partial charge in [-0.05, 0) is 72.5 Å². The van der Waals surface area contributed by atoms with Crippen molar-refractivity contribution in [2.45, 2.75) is 38.4 Å². The van der Waals surface area contributed by atoms with Crippen molar-refractivity contribution in [2.75, 3.05) is 6.61 Å². The molecule has 5 rings (SSSR count). The summed E-state index contributed by atoms with van der Waals surface area (Å²) in [6, 6.07) is 13.6. The van der Waals surface area contributed by atoms with Crippen LogP contribution in [0.4, 0.5) is 17.6 Å². The lowest BCUT2D eigenvalue weighted by atomic mass is 10.0. The molecule has 1 fully saturated rings. The molecule has 0 saturated carbocycles. The summed E-state index contributed by atoms with van der Waals surface area (Å²) in [5.41, 5.74) is 0.442. The Morgan fingerprint density at radius 1 is 0.682 bits per heavy atom. The lowest BCUT2D eigenvalue weighted by Crippen LogP contribution is -2.24. The second-order valence-corrected chi connectivity index (χ2v) is 10.0. The summed E-state index contributed by atoms with van der Waals surface area (Å²) in [7, 11) is 0. The van der Waals surface area contributed by atoms with Gasteiger partial charge >= 0.3 is 0 Å². The van der Waals surface area contributed by atoms with Gasteiger partial charge < -0.3 is 24.8 Å². The van der Waals surface area contributed by atoms with E-state index in [1.807, 2.05) is 0 Å². The average Bonchev–Trinajstić information content (AvgIpc) is 2.93. The van der Waals surface area contributed by atoms with Gasteiger partial charge in [0.25, 0.3) is 0 Å². The molecule has 230 valence electrons. The molecule has 7 nitrogen and oxygen atoms in total. The molecule has 44 heavy (non-hydrogen) atoms. The monoisotopic (exact) mass is 612 g/mol. The fraction of sp³-hybridized carbons (Fsp3) is 0.212. The number of phenols is 3. The first kappa shape index (κ1) is 32.0. The van der Waals surface area contributed by atoms with Crippen molar-refractivity contribution in [2.24, 2.45) is 0 Å². The van der Waals surface area contributed by atoms with Crippen LogP contribution in [0, 0.1) is 23.3 Å². The molecule has 0 bridgehead atoms. The van der Waals surface area contributed by atoms with E-state index in [2.05, 4.69) is 0 Å². The molecule has 0 amide bonds. The van der Waals surface area contributed by atoms with Crippen LogP contribution in [0.25, 0.3) is 0 Å². The fourth-order valence-corrected chi connectivity index (χ4v) is 4.52. The van der Waals surface area contributed by atoms with Crippen LogP contribution in [-0.2, 0) is 17.6 Å². The molecule has 4 aromatic carbocycles. The van der Waals surface area contributed by atoms with Crippen molar-refractivity contribution in [3.05, 3.63) is 118 Å². The SMILES string of the molecule is O=C(Cc1cc(F)cc(F)c1)c1ccc(O)cc1O.O=C(Cc1cc(F)cc(F)c1)c1ccc(OC2CCCCO2)cc1O. The van der Waals surface area contributed by atoms with Gasteiger partial charge in [0.1, 0.15) is 46.3 Å². The maximum atomic E-state index is 13.2. The van der Waals surface area contributed by atoms with Gasteiger partial charge in [0.05, 0.1) is 17.7 Å². The Hall–Kier alpha value is -4.90. The highest BCUT2D eigenvalue weighted by Crippen LogP contribution is 2.28. The molecule has 1 atom stereocenters.